The molecule has 0 saturated heterocycles. The molecule has 0 radical (unpaired) electrons. The van der Waals surface area contributed by atoms with Crippen molar-refractivity contribution >= 4 is 39.5 Å². The molecule has 17 nitrogen and oxygen atoms in total. The molecule has 5 atom stereocenters. The molecule has 3 N–H and O–H groups in total. The lowest BCUT2D eigenvalue weighted by Gasteiger charge is -2.21. The zero-order valence-electron chi connectivity index (χ0n) is 67.2. The summed E-state index contributed by atoms with van der Waals surface area (Å²) < 4.78 is 68.7. The lowest BCUT2D eigenvalue weighted by Crippen LogP contribution is -2.30. The fourth-order valence-corrected chi connectivity index (χ4v) is 12.0. The lowest BCUT2D eigenvalue weighted by atomic mass is 10.1. The van der Waals surface area contributed by atoms with E-state index in [9.17, 15) is 43.2 Å². The molecule has 614 valence electrons. The van der Waals surface area contributed by atoms with Crippen molar-refractivity contribution in [3.8, 4) is 0 Å². The number of hydrogen-bond acceptors (Lipinski definition) is 15. The maximum atomic E-state index is 13.1. The van der Waals surface area contributed by atoms with E-state index in [0.717, 1.165) is 193 Å². The molecule has 0 aromatic heterocycles. The van der Waals surface area contributed by atoms with E-state index < -0.39 is 97.5 Å². The van der Waals surface area contributed by atoms with Crippen LogP contribution in [0.2, 0.25) is 0 Å². The van der Waals surface area contributed by atoms with Gasteiger partial charge in [0.15, 0.2) is 12.2 Å². The van der Waals surface area contributed by atoms with Gasteiger partial charge in [-0.25, -0.2) is 9.13 Å². The Balaban J connectivity index is 5.47. The largest absolute Gasteiger partial charge is 0.472 e. The smallest absolute Gasteiger partial charge is 0.462 e. The van der Waals surface area contributed by atoms with E-state index in [-0.39, 0.29) is 25.7 Å². The minimum absolute atomic E-state index is 0.0545. The standard InChI is InChI=1S/C89H146O17P2/c1-5-9-13-17-21-25-29-33-37-40-41-44-47-50-54-58-62-66-70-74-87(92)100-79-84(105-88(93)75-71-67-63-59-55-51-45-36-32-28-24-20-16-12-8-4)81-103-107(95,96)101-77-83(90)78-102-108(97,98)104-82-85(106-89(94)76-72-68-64-60-56-52-48-43-39-35-31-27-23-19-15-11-7-3)80-99-86(91)73-69-65-61-57-53-49-46-42-38-34-30-26-22-18-14-10-6-2/h9-11,13-15,21-23,25-27,33-39,41,44-46,48-50,52,54,83-85,90H,5-8,12,16-20,24,28-32,40,42-43,47,51,53,55-82H2,1-4H3,(H,95,96)(H,97,98)/b13-9-,14-10-,15-11-,25-21-,26-22-,27-23-,37-33-,38-34-,39-35-,44-41-,45-36-,49-46-,52-48-,54-50-. The molecule has 0 aliphatic rings. The van der Waals surface area contributed by atoms with E-state index in [1.165, 1.54) is 38.5 Å². The normalized spacial score (nSPS) is 14.7. The average molecular weight is 1550 g/mol. The van der Waals surface area contributed by atoms with Crippen molar-refractivity contribution in [3.63, 3.8) is 0 Å². The van der Waals surface area contributed by atoms with E-state index in [4.69, 9.17) is 37.0 Å². The van der Waals surface area contributed by atoms with Crippen molar-refractivity contribution in [1.82, 2.24) is 0 Å². The molecule has 5 unspecified atom stereocenters. The van der Waals surface area contributed by atoms with Gasteiger partial charge >= 0.3 is 39.5 Å². The van der Waals surface area contributed by atoms with E-state index in [1.807, 2.05) is 0 Å². The third-order valence-corrected chi connectivity index (χ3v) is 18.6. The molecule has 0 aliphatic heterocycles. The predicted molar refractivity (Wildman–Crippen MR) is 445 cm³/mol. The summed E-state index contributed by atoms with van der Waals surface area (Å²) >= 11 is 0. The number of carbonyl (C=O) groups excluding carboxylic acids is 4. The summed E-state index contributed by atoms with van der Waals surface area (Å²) in [5.74, 6) is -2.28. The van der Waals surface area contributed by atoms with Crippen LogP contribution >= 0.6 is 15.6 Å². The Kier molecular flexibility index (Phi) is 75.4. The van der Waals surface area contributed by atoms with Crippen LogP contribution in [0.15, 0.2) is 170 Å². The molecule has 19 heteroatoms. The van der Waals surface area contributed by atoms with Crippen LogP contribution in [0.25, 0.3) is 0 Å². The number of aliphatic hydroxyl groups excluding tert-OH is 1. The van der Waals surface area contributed by atoms with Crippen molar-refractivity contribution in [1.29, 1.82) is 0 Å². The molecular formula is C89H146O17P2. The number of unbranched alkanes of at least 4 members (excludes halogenated alkanes) is 22. The summed E-state index contributed by atoms with van der Waals surface area (Å²) in [7, 11) is -10.0. The van der Waals surface area contributed by atoms with Crippen molar-refractivity contribution in [3.05, 3.63) is 170 Å². The second-order valence-corrected chi connectivity index (χ2v) is 29.8. The highest BCUT2D eigenvalue weighted by Gasteiger charge is 2.30. The van der Waals surface area contributed by atoms with Crippen molar-refractivity contribution in [2.24, 2.45) is 0 Å². The maximum absolute atomic E-state index is 13.1. The van der Waals surface area contributed by atoms with Gasteiger partial charge in [-0.2, -0.15) is 0 Å². The van der Waals surface area contributed by atoms with Gasteiger partial charge in [-0.1, -0.05) is 281 Å². The number of phosphoric ester groups is 2. The van der Waals surface area contributed by atoms with Crippen molar-refractivity contribution < 1.29 is 80.2 Å². The van der Waals surface area contributed by atoms with Gasteiger partial charge < -0.3 is 33.8 Å². The molecule has 0 spiro atoms. The van der Waals surface area contributed by atoms with Gasteiger partial charge in [0, 0.05) is 25.7 Å². The van der Waals surface area contributed by atoms with Crippen molar-refractivity contribution in [2.45, 2.75) is 329 Å². The van der Waals surface area contributed by atoms with Gasteiger partial charge in [0.25, 0.3) is 0 Å². The minimum Gasteiger partial charge on any atom is -0.462 e. The summed E-state index contributed by atoms with van der Waals surface area (Å²) in [6, 6.07) is 0. The SMILES string of the molecule is CC/C=C\C/C=C\C/C=C\C/C=C\C/C=C\CCCCCC(=O)OCC(COP(=O)(O)OCC(O)COP(=O)(O)OCC(COC(=O)CCCCCC/C=C\C/C=C\C/C=C\C/C=C\CC)OC(=O)CCCCCC/C=C\C/C=C\C/C=C\C/C=C\CC)OC(=O)CCCCCCC/C=C\CCCCCCCC. The lowest BCUT2D eigenvalue weighted by molar-refractivity contribution is -0.161. The second kappa shape index (κ2) is 79.5. The van der Waals surface area contributed by atoms with Crippen LogP contribution in [0.1, 0.15) is 310 Å². The van der Waals surface area contributed by atoms with Gasteiger partial charge in [-0.3, -0.25) is 37.3 Å². The van der Waals surface area contributed by atoms with E-state index in [0.29, 0.717) is 25.7 Å². The van der Waals surface area contributed by atoms with Crippen LogP contribution in [0, 0.1) is 0 Å². The third kappa shape index (κ3) is 78.5. The summed E-state index contributed by atoms with van der Waals surface area (Å²) in [5, 5.41) is 10.7. The molecule has 0 amide bonds. The highest BCUT2D eigenvalue weighted by Crippen LogP contribution is 2.45. The second-order valence-electron chi connectivity index (χ2n) is 26.9. The van der Waals surface area contributed by atoms with Gasteiger partial charge in [0.1, 0.15) is 19.3 Å². The third-order valence-electron chi connectivity index (χ3n) is 16.7. The minimum atomic E-state index is -5.00. The van der Waals surface area contributed by atoms with Crippen LogP contribution in [-0.2, 0) is 65.4 Å². The molecule has 0 bridgehead atoms. The number of ether oxygens (including phenoxy) is 4. The fraction of sp³-hybridized carbons (Fsp3) is 0.640. The quantitative estimate of drug-likeness (QED) is 0.0169. The Hall–Kier alpha value is -5.58. The van der Waals surface area contributed by atoms with Crippen LogP contribution < -0.4 is 0 Å². The molecule has 0 rings (SSSR count). The van der Waals surface area contributed by atoms with Crippen molar-refractivity contribution in [2.75, 3.05) is 39.6 Å². The Morgan fingerprint density at radius 2 is 0.481 bits per heavy atom. The van der Waals surface area contributed by atoms with E-state index >= 15 is 0 Å². The highest BCUT2D eigenvalue weighted by atomic mass is 31.2. The van der Waals surface area contributed by atoms with Crippen LogP contribution in [0.5, 0.6) is 0 Å². The highest BCUT2D eigenvalue weighted by molar-refractivity contribution is 7.47. The average Bonchev–Trinajstić information content (AvgIpc) is 0.901. The zero-order chi connectivity index (χ0) is 78.9. The molecule has 0 aromatic rings. The Labute approximate surface area is 654 Å². The topological polar surface area (TPSA) is 237 Å². The number of rotatable bonds is 76. The first-order chi connectivity index (χ1) is 52.7. The first-order valence-corrected chi connectivity index (χ1v) is 44.4. The number of carbonyl (C=O) groups is 4. The van der Waals surface area contributed by atoms with E-state index in [2.05, 4.69) is 198 Å². The molecular weight excluding hydrogens is 1400 g/mol. The fourth-order valence-electron chi connectivity index (χ4n) is 10.5. The van der Waals surface area contributed by atoms with Crippen LogP contribution in [0.3, 0.4) is 0 Å². The molecule has 0 aromatic carbocycles. The number of hydrogen-bond donors (Lipinski definition) is 3. The van der Waals surface area contributed by atoms with E-state index in [1.54, 1.807) is 0 Å². The Morgan fingerprint density at radius 1 is 0.269 bits per heavy atom. The molecule has 0 fully saturated rings. The summed E-state index contributed by atoms with van der Waals surface area (Å²) in [6.07, 6.45) is 94.6. The Morgan fingerprint density at radius 3 is 0.759 bits per heavy atom. The first kappa shape index (κ1) is 102. The maximum Gasteiger partial charge on any atom is 0.472 e. The summed E-state index contributed by atoms with van der Waals surface area (Å²) in [5.41, 5.74) is 0. The predicted octanol–water partition coefficient (Wildman–Crippen LogP) is 24.6. The van der Waals surface area contributed by atoms with Gasteiger partial charge in [0.05, 0.1) is 26.4 Å². The number of aliphatic hydroxyl groups is 1. The number of esters is 4. The number of allylic oxidation sites excluding steroid dienone is 28. The molecule has 0 aliphatic carbocycles. The van der Waals surface area contributed by atoms with Gasteiger partial charge in [-0.05, 0) is 173 Å². The molecule has 0 heterocycles. The first-order valence-electron chi connectivity index (χ1n) is 41.4. The summed E-state index contributed by atoms with van der Waals surface area (Å²) in [6.45, 7) is 4.43. The zero-order valence-corrected chi connectivity index (χ0v) is 69.0. The molecule has 108 heavy (non-hydrogen) atoms. The van der Waals surface area contributed by atoms with Gasteiger partial charge in [-0.15, -0.1) is 0 Å². The monoisotopic (exact) mass is 1550 g/mol. The Bertz CT molecular complexity index is 2710. The van der Waals surface area contributed by atoms with Gasteiger partial charge in [0.2, 0.25) is 0 Å². The molecule has 0 saturated carbocycles. The summed E-state index contributed by atoms with van der Waals surface area (Å²) in [4.78, 5) is 73.2. The number of phosphoric acid groups is 2. The van der Waals surface area contributed by atoms with Crippen LogP contribution in [-0.4, -0.2) is 96.7 Å². The van der Waals surface area contributed by atoms with Crippen LogP contribution in [0.4, 0.5) is 0 Å².